The van der Waals surface area contributed by atoms with Crippen LogP contribution in [0.15, 0.2) is 0 Å². The molecule has 13 atom stereocenters. The number of aliphatic hydroxyl groups is 2. The molecular weight excluding hydrogens is 388 g/mol. The van der Waals surface area contributed by atoms with Crippen LogP contribution in [0.2, 0.25) is 0 Å². The number of rotatable bonds is 0. The Hall–Kier alpha value is -0.160. The maximum Gasteiger partial charge on any atom is 0.171 e. The number of aliphatic hydroxyl groups excluding tert-OH is 2. The minimum absolute atomic E-state index is 0.191. The summed E-state index contributed by atoms with van der Waals surface area (Å²) >= 11 is 0. The predicted molar refractivity (Wildman–Crippen MR) is 119 cm³/mol. The van der Waals surface area contributed by atoms with Crippen molar-refractivity contribution in [3.63, 3.8) is 0 Å². The van der Waals surface area contributed by atoms with Crippen LogP contribution in [0, 0.1) is 52.3 Å². The number of fused-ring (bicyclic) bond motifs is 7. The zero-order valence-electron chi connectivity index (χ0n) is 20.1. The first kappa shape index (κ1) is 21.4. The topological polar surface area (TPSA) is 58.9 Å². The van der Waals surface area contributed by atoms with Crippen molar-refractivity contribution in [3.8, 4) is 0 Å². The van der Waals surface area contributed by atoms with E-state index in [9.17, 15) is 10.2 Å². The van der Waals surface area contributed by atoms with Crippen LogP contribution in [0.4, 0.5) is 0 Å². The number of ether oxygens (including phenoxy) is 2. The largest absolute Gasteiger partial charge is 0.393 e. The van der Waals surface area contributed by atoms with Gasteiger partial charge < -0.3 is 19.7 Å². The van der Waals surface area contributed by atoms with E-state index >= 15 is 0 Å². The molecule has 1 spiro atoms. The Labute approximate surface area is 188 Å². The van der Waals surface area contributed by atoms with Crippen LogP contribution in [0.1, 0.15) is 85.5 Å². The lowest BCUT2D eigenvalue weighted by atomic mass is 9.43. The van der Waals surface area contributed by atoms with Crippen molar-refractivity contribution in [2.24, 2.45) is 52.3 Å². The van der Waals surface area contributed by atoms with Crippen LogP contribution in [-0.2, 0) is 9.47 Å². The summed E-state index contributed by atoms with van der Waals surface area (Å²) < 4.78 is 13.3. The molecule has 0 radical (unpaired) electrons. The molecule has 0 aromatic rings. The predicted octanol–water partition coefficient (Wildman–Crippen LogP) is 4.76. The smallest absolute Gasteiger partial charge is 0.171 e. The van der Waals surface area contributed by atoms with Gasteiger partial charge in [-0.15, -0.1) is 0 Å². The highest BCUT2D eigenvalue weighted by Crippen LogP contribution is 2.71. The maximum atomic E-state index is 11.2. The fourth-order valence-corrected chi connectivity index (χ4v) is 10.3. The molecule has 4 heteroatoms. The lowest BCUT2D eigenvalue weighted by molar-refractivity contribution is -0.273. The number of hydrogen-bond donors (Lipinski definition) is 2. The molecule has 0 amide bonds. The van der Waals surface area contributed by atoms with E-state index in [1.165, 1.54) is 19.3 Å². The Balaban J connectivity index is 1.28. The van der Waals surface area contributed by atoms with Gasteiger partial charge in [-0.25, -0.2) is 0 Å². The van der Waals surface area contributed by atoms with Gasteiger partial charge in [0.2, 0.25) is 0 Å². The van der Waals surface area contributed by atoms with Gasteiger partial charge in [-0.3, -0.25) is 0 Å². The Morgan fingerprint density at radius 1 is 0.806 bits per heavy atom. The van der Waals surface area contributed by atoms with E-state index in [2.05, 4.69) is 27.7 Å². The quantitative estimate of drug-likeness (QED) is 0.579. The van der Waals surface area contributed by atoms with Gasteiger partial charge in [-0.05, 0) is 97.7 Å². The van der Waals surface area contributed by atoms with Crippen LogP contribution in [0.25, 0.3) is 0 Å². The summed E-state index contributed by atoms with van der Waals surface area (Å²) in [5, 5.41) is 21.5. The monoisotopic (exact) mass is 432 g/mol. The maximum absolute atomic E-state index is 11.2. The van der Waals surface area contributed by atoms with E-state index in [4.69, 9.17) is 9.47 Å². The van der Waals surface area contributed by atoms with Crippen molar-refractivity contribution in [3.05, 3.63) is 0 Å². The highest BCUT2D eigenvalue weighted by Gasteiger charge is 2.69. The summed E-state index contributed by atoms with van der Waals surface area (Å²) in [5.74, 6) is 3.58. The second kappa shape index (κ2) is 6.93. The van der Waals surface area contributed by atoms with Gasteiger partial charge in [0.25, 0.3) is 0 Å². The van der Waals surface area contributed by atoms with E-state index in [1.807, 2.05) is 0 Å². The molecule has 176 valence electrons. The van der Waals surface area contributed by atoms with Crippen molar-refractivity contribution >= 4 is 0 Å². The van der Waals surface area contributed by atoms with Crippen molar-refractivity contribution in [2.45, 2.75) is 110 Å². The van der Waals surface area contributed by atoms with Gasteiger partial charge in [-0.2, -0.15) is 0 Å². The highest BCUT2D eigenvalue weighted by atomic mass is 16.7. The van der Waals surface area contributed by atoms with Crippen LogP contribution in [0.5, 0.6) is 0 Å². The van der Waals surface area contributed by atoms with Gasteiger partial charge >= 0.3 is 0 Å². The Morgan fingerprint density at radius 3 is 2.32 bits per heavy atom. The van der Waals surface area contributed by atoms with Crippen molar-refractivity contribution < 1.29 is 19.7 Å². The standard InChI is InChI=1S/C27H44O4/c1-15-5-10-27(30-14-15)16(2)24-23(31-27)13-20-18-12-22(29)21-11-17(28)6-8-25(21,3)19(18)7-9-26(20,24)4/h15-24,28-29H,5-14H2,1-4H3/t15-,16-,17+,18-,19+,20+,21-,22+,23+,24+,25-,26+,27-/m1/s1. The molecule has 0 aromatic carbocycles. The van der Waals surface area contributed by atoms with Crippen LogP contribution < -0.4 is 0 Å². The molecule has 4 saturated carbocycles. The molecule has 0 aromatic heterocycles. The van der Waals surface area contributed by atoms with E-state index in [0.29, 0.717) is 47.0 Å². The van der Waals surface area contributed by atoms with Crippen molar-refractivity contribution in [2.75, 3.05) is 6.61 Å². The molecular formula is C27H44O4. The first-order valence-electron chi connectivity index (χ1n) is 13.4. The molecule has 0 bridgehead atoms. The summed E-state index contributed by atoms with van der Waals surface area (Å²) in [6, 6.07) is 0. The van der Waals surface area contributed by atoms with E-state index in [-0.39, 0.29) is 29.3 Å². The van der Waals surface area contributed by atoms with Gasteiger partial charge in [0, 0.05) is 12.3 Å². The Morgan fingerprint density at radius 2 is 1.58 bits per heavy atom. The van der Waals surface area contributed by atoms with Gasteiger partial charge in [-0.1, -0.05) is 27.7 Å². The lowest BCUT2D eigenvalue weighted by Crippen LogP contribution is -2.58. The molecule has 2 N–H and O–H groups in total. The summed E-state index contributed by atoms with van der Waals surface area (Å²) in [4.78, 5) is 0. The lowest BCUT2D eigenvalue weighted by Gasteiger charge is -2.62. The molecule has 6 aliphatic rings. The second-order valence-electron chi connectivity index (χ2n) is 13.2. The Kier molecular flexibility index (Phi) is 4.78. The molecule has 0 unspecified atom stereocenters. The molecule has 4 nitrogen and oxygen atoms in total. The second-order valence-corrected chi connectivity index (χ2v) is 13.2. The first-order chi connectivity index (χ1) is 14.7. The molecule has 2 saturated heterocycles. The van der Waals surface area contributed by atoms with Crippen molar-refractivity contribution in [1.82, 2.24) is 0 Å². The average molecular weight is 433 g/mol. The molecule has 4 aliphatic carbocycles. The average Bonchev–Trinajstić information content (AvgIpc) is 3.17. The fourth-order valence-electron chi connectivity index (χ4n) is 10.3. The minimum Gasteiger partial charge on any atom is -0.393 e. The third kappa shape index (κ3) is 2.80. The zero-order chi connectivity index (χ0) is 21.8. The van der Waals surface area contributed by atoms with Gasteiger partial charge in [0.15, 0.2) is 5.79 Å². The fraction of sp³-hybridized carbons (Fsp3) is 1.00. The van der Waals surface area contributed by atoms with Crippen LogP contribution in [0.3, 0.4) is 0 Å². The summed E-state index contributed by atoms with van der Waals surface area (Å²) in [5.41, 5.74) is 0.495. The summed E-state index contributed by atoms with van der Waals surface area (Å²) in [7, 11) is 0. The molecule has 6 rings (SSSR count). The van der Waals surface area contributed by atoms with Crippen LogP contribution >= 0.6 is 0 Å². The van der Waals surface area contributed by atoms with Gasteiger partial charge in [0.05, 0.1) is 24.9 Å². The molecule has 2 heterocycles. The Bertz CT molecular complexity index is 716. The van der Waals surface area contributed by atoms with E-state index in [0.717, 1.165) is 45.1 Å². The minimum atomic E-state index is -0.338. The number of hydrogen-bond acceptors (Lipinski definition) is 4. The van der Waals surface area contributed by atoms with Gasteiger partial charge in [0.1, 0.15) is 0 Å². The van der Waals surface area contributed by atoms with E-state index < -0.39 is 0 Å². The SMILES string of the molecule is C[C@@H]1CC[C@@]2(OC1)O[C@H]1C[C@H]3[C@@H]4C[C@H](O)[C@H]5C[C@@H](O)CC[C@]5(C)[C@H]4CC[C@]3(C)[C@H]1[C@H]2C. The summed E-state index contributed by atoms with van der Waals surface area (Å²) in [6.45, 7) is 10.6. The highest BCUT2D eigenvalue weighted by molar-refractivity contribution is 5.16. The zero-order valence-corrected chi connectivity index (χ0v) is 20.1. The normalized spacial score (nSPS) is 63.3. The summed E-state index contributed by atoms with van der Waals surface area (Å²) in [6.07, 6.45) is 9.58. The third-order valence-corrected chi connectivity index (χ3v) is 11.9. The van der Waals surface area contributed by atoms with E-state index in [1.54, 1.807) is 0 Å². The molecule has 31 heavy (non-hydrogen) atoms. The van der Waals surface area contributed by atoms with Crippen LogP contribution in [-0.4, -0.2) is 40.9 Å². The first-order valence-corrected chi connectivity index (χ1v) is 13.4. The van der Waals surface area contributed by atoms with Crippen molar-refractivity contribution in [1.29, 1.82) is 0 Å². The molecule has 6 fully saturated rings. The third-order valence-electron chi connectivity index (χ3n) is 11.9. The molecule has 2 aliphatic heterocycles.